The summed E-state index contributed by atoms with van der Waals surface area (Å²) in [6.45, 7) is 1.37. The average Bonchev–Trinajstić information content (AvgIpc) is 3.32. The number of benzene rings is 1. The number of anilines is 1. The van der Waals surface area contributed by atoms with Crippen molar-refractivity contribution in [3.05, 3.63) is 63.0 Å². The molecule has 10 heteroatoms. The monoisotopic (exact) mass is 423 g/mol. The van der Waals surface area contributed by atoms with E-state index in [1.807, 2.05) is 0 Å². The predicted molar refractivity (Wildman–Crippen MR) is 115 cm³/mol. The topological polar surface area (TPSA) is 135 Å². The van der Waals surface area contributed by atoms with Gasteiger partial charge >= 0.3 is 0 Å². The number of carbonyl (C=O) groups is 2. The lowest BCUT2D eigenvalue weighted by Gasteiger charge is -2.23. The zero-order valence-electron chi connectivity index (χ0n) is 16.7. The lowest BCUT2D eigenvalue weighted by Crippen LogP contribution is -2.43. The Morgan fingerprint density at radius 1 is 1.39 bits per heavy atom. The largest absolute Gasteiger partial charge is 0.361 e. The van der Waals surface area contributed by atoms with E-state index in [1.165, 1.54) is 24.4 Å². The number of nitrogens with one attached hydrogen (secondary N) is 4. The second kappa shape index (κ2) is 9.03. The summed E-state index contributed by atoms with van der Waals surface area (Å²) in [5.41, 5.74) is 11.2. The number of rotatable bonds is 6. The molecule has 2 amide bonds. The van der Waals surface area contributed by atoms with Crippen molar-refractivity contribution in [2.75, 3.05) is 18.4 Å². The average molecular weight is 423 g/mol. The number of aromatic amines is 1. The van der Waals surface area contributed by atoms with E-state index in [9.17, 15) is 14.0 Å². The highest BCUT2D eigenvalue weighted by Crippen LogP contribution is 2.34. The first-order valence-corrected chi connectivity index (χ1v) is 10.1. The number of nitrogens with zero attached hydrogens (tertiary/aromatic N) is 3. The minimum Gasteiger partial charge on any atom is -0.361 e. The van der Waals surface area contributed by atoms with Crippen molar-refractivity contribution in [1.29, 1.82) is 0 Å². The quantitative estimate of drug-likeness (QED) is 0.246. The Kier molecular flexibility index (Phi) is 6.01. The highest BCUT2D eigenvalue weighted by Gasteiger charge is 2.26. The number of hydrogen-bond acceptors (Lipinski definition) is 4. The molecule has 3 heterocycles. The first-order chi connectivity index (χ1) is 15.1. The van der Waals surface area contributed by atoms with Gasteiger partial charge in [0.2, 0.25) is 0 Å². The van der Waals surface area contributed by atoms with Crippen molar-refractivity contribution in [2.24, 2.45) is 5.11 Å². The lowest BCUT2D eigenvalue weighted by molar-refractivity contribution is -0.110. The van der Waals surface area contributed by atoms with Gasteiger partial charge in [-0.25, -0.2) is 4.39 Å². The molecule has 4 N–H and O–H groups in total. The Balaban J connectivity index is 1.62. The minimum atomic E-state index is -0.460. The number of piperidine rings is 1. The van der Waals surface area contributed by atoms with Gasteiger partial charge in [0.15, 0.2) is 0 Å². The fraction of sp³-hybridized carbons (Fsp3) is 0.333. The van der Waals surface area contributed by atoms with Crippen LogP contribution < -0.4 is 16.0 Å². The second-order valence-electron chi connectivity index (χ2n) is 7.54. The molecule has 9 nitrogen and oxygen atoms in total. The van der Waals surface area contributed by atoms with Gasteiger partial charge in [-0.3, -0.25) is 9.59 Å². The number of hydrogen-bond donors (Lipinski definition) is 4. The molecule has 4 rings (SSSR count). The molecule has 1 fully saturated rings. The highest BCUT2D eigenvalue weighted by molar-refractivity contribution is 6.34. The summed E-state index contributed by atoms with van der Waals surface area (Å²) in [6, 6.07) is 4.28. The molecule has 1 aromatic carbocycles. The molecule has 2 aliphatic rings. The Morgan fingerprint density at radius 3 is 3.03 bits per heavy atom. The van der Waals surface area contributed by atoms with Crippen molar-refractivity contribution in [2.45, 2.75) is 31.8 Å². The van der Waals surface area contributed by atoms with Crippen molar-refractivity contribution in [1.82, 2.24) is 15.6 Å². The van der Waals surface area contributed by atoms with E-state index in [-0.39, 0.29) is 30.0 Å². The van der Waals surface area contributed by atoms with Crippen LogP contribution in [0.25, 0.3) is 22.1 Å². The van der Waals surface area contributed by atoms with E-state index in [4.69, 9.17) is 5.53 Å². The van der Waals surface area contributed by atoms with Crippen molar-refractivity contribution < 1.29 is 14.0 Å². The van der Waals surface area contributed by atoms with Gasteiger partial charge in [-0.15, -0.1) is 0 Å². The summed E-state index contributed by atoms with van der Waals surface area (Å²) in [7, 11) is 0. The summed E-state index contributed by atoms with van der Waals surface area (Å²) in [5, 5.41) is 12.6. The lowest BCUT2D eigenvalue weighted by atomic mass is 10.0. The first kappa shape index (κ1) is 20.6. The van der Waals surface area contributed by atoms with Gasteiger partial charge in [0, 0.05) is 40.6 Å². The third-order valence-electron chi connectivity index (χ3n) is 5.53. The summed E-state index contributed by atoms with van der Waals surface area (Å²) in [5.74, 6) is -1.13. The maximum absolute atomic E-state index is 13.7. The normalized spacial score (nSPS) is 18.9. The molecule has 2 aromatic rings. The molecule has 0 saturated carbocycles. The number of fused-ring (bicyclic) bond motifs is 1. The molecule has 31 heavy (non-hydrogen) atoms. The molecule has 0 aliphatic carbocycles. The Bertz CT molecular complexity index is 1100. The van der Waals surface area contributed by atoms with Crippen LogP contribution in [-0.4, -0.2) is 35.9 Å². The highest BCUT2D eigenvalue weighted by atomic mass is 19.1. The van der Waals surface area contributed by atoms with Crippen LogP contribution in [0.2, 0.25) is 0 Å². The fourth-order valence-electron chi connectivity index (χ4n) is 3.93. The molecule has 1 saturated heterocycles. The molecule has 160 valence electrons. The van der Waals surface area contributed by atoms with Gasteiger partial charge in [0.1, 0.15) is 5.82 Å². The predicted octanol–water partition coefficient (Wildman–Crippen LogP) is 3.33. The molecule has 1 atom stereocenters. The van der Waals surface area contributed by atoms with Crippen LogP contribution in [0.3, 0.4) is 0 Å². The van der Waals surface area contributed by atoms with E-state index < -0.39 is 5.82 Å². The molecule has 0 radical (unpaired) electrons. The van der Waals surface area contributed by atoms with Gasteiger partial charge < -0.3 is 20.9 Å². The van der Waals surface area contributed by atoms with Gasteiger partial charge in [-0.1, -0.05) is 11.5 Å². The number of halogens is 1. The van der Waals surface area contributed by atoms with Gasteiger partial charge in [0.05, 0.1) is 17.7 Å². The van der Waals surface area contributed by atoms with Crippen LogP contribution in [0.5, 0.6) is 0 Å². The van der Waals surface area contributed by atoms with Crippen LogP contribution in [0.4, 0.5) is 10.1 Å². The van der Waals surface area contributed by atoms with Crippen molar-refractivity contribution in [3.63, 3.8) is 0 Å². The maximum atomic E-state index is 13.7. The molecular weight excluding hydrogens is 401 g/mol. The van der Waals surface area contributed by atoms with Crippen LogP contribution in [0.1, 0.15) is 46.4 Å². The van der Waals surface area contributed by atoms with Crippen molar-refractivity contribution in [3.8, 4) is 0 Å². The van der Waals surface area contributed by atoms with E-state index in [0.29, 0.717) is 34.6 Å². The van der Waals surface area contributed by atoms with E-state index >= 15 is 0 Å². The molecular formula is C21H22FN7O2. The number of amides is 2. The van der Waals surface area contributed by atoms with E-state index in [2.05, 4.69) is 31.0 Å². The van der Waals surface area contributed by atoms with Crippen LogP contribution >= 0.6 is 0 Å². The summed E-state index contributed by atoms with van der Waals surface area (Å²) in [4.78, 5) is 31.0. The molecule has 1 aromatic heterocycles. The number of H-pyrrole nitrogens is 1. The number of azide groups is 1. The van der Waals surface area contributed by atoms with Gasteiger partial charge in [0.25, 0.3) is 11.8 Å². The molecule has 2 aliphatic heterocycles. The SMILES string of the molecule is [N-]=[N+]=NCc1c(C(=O)NCC2CCCCN2)c[nH]c1/C=C1\C(=O)Nc2ccc(F)cc21. The minimum absolute atomic E-state index is 0.0683. The molecule has 0 bridgehead atoms. The van der Waals surface area contributed by atoms with Crippen LogP contribution in [0.15, 0.2) is 29.5 Å². The Labute approximate surface area is 177 Å². The third-order valence-corrected chi connectivity index (χ3v) is 5.53. The maximum Gasteiger partial charge on any atom is 0.256 e. The first-order valence-electron chi connectivity index (χ1n) is 10.1. The molecule has 0 spiro atoms. The van der Waals surface area contributed by atoms with E-state index in [0.717, 1.165) is 25.8 Å². The standard InChI is InChI=1S/C21H22FN7O2/c22-12-4-5-18-14(7-12)15(21(31)28-18)8-19-16(11-27-29-23)17(10-25-19)20(30)26-9-13-3-1-2-6-24-13/h4-5,7-8,10,13,24-25H,1-3,6,9,11H2,(H,26,30)(H,28,31)/b15-8-. The van der Waals surface area contributed by atoms with Crippen LogP contribution in [0, 0.1) is 5.82 Å². The van der Waals surface area contributed by atoms with Gasteiger partial charge in [-0.2, -0.15) is 0 Å². The number of carbonyl (C=O) groups excluding carboxylic acids is 2. The third kappa shape index (κ3) is 4.45. The van der Waals surface area contributed by atoms with E-state index in [1.54, 1.807) is 6.08 Å². The number of aromatic nitrogens is 1. The Morgan fingerprint density at radius 2 is 2.26 bits per heavy atom. The zero-order chi connectivity index (χ0) is 21.8. The summed E-state index contributed by atoms with van der Waals surface area (Å²) < 4.78 is 13.7. The van der Waals surface area contributed by atoms with Crippen LogP contribution in [-0.2, 0) is 11.3 Å². The summed E-state index contributed by atoms with van der Waals surface area (Å²) >= 11 is 0. The zero-order valence-corrected chi connectivity index (χ0v) is 16.7. The van der Waals surface area contributed by atoms with Crippen molar-refractivity contribution >= 4 is 29.2 Å². The molecule has 1 unspecified atom stereocenters. The smallest absolute Gasteiger partial charge is 0.256 e. The summed E-state index contributed by atoms with van der Waals surface area (Å²) in [6.07, 6.45) is 6.33. The Hall–Kier alpha value is -3.62. The second-order valence-corrected chi connectivity index (χ2v) is 7.54. The fourth-order valence-corrected chi connectivity index (χ4v) is 3.93. The van der Waals surface area contributed by atoms with Gasteiger partial charge in [-0.05, 0) is 54.8 Å².